The van der Waals surface area contributed by atoms with Crippen LogP contribution in [0.15, 0.2) is 6.20 Å². The van der Waals surface area contributed by atoms with Crippen molar-refractivity contribution in [2.24, 2.45) is 0 Å². The molecule has 1 atom stereocenters. The smallest absolute Gasteiger partial charge is 0.305 e. The summed E-state index contributed by atoms with van der Waals surface area (Å²) in [5.74, 6) is 0. The summed E-state index contributed by atoms with van der Waals surface area (Å²) in [6.45, 7) is 4.65. The van der Waals surface area contributed by atoms with E-state index in [-0.39, 0.29) is 6.04 Å². The third-order valence-corrected chi connectivity index (χ3v) is 4.77. The molecule has 0 bridgehead atoms. The summed E-state index contributed by atoms with van der Waals surface area (Å²) in [6.07, 6.45) is -1.53. The normalized spacial score (nSPS) is 13.6. The number of thiazole rings is 1. The van der Waals surface area contributed by atoms with Gasteiger partial charge < -0.3 is 5.32 Å². The van der Waals surface area contributed by atoms with Gasteiger partial charge in [0.25, 0.3) is 0 Å². The zero-order valence-electron chi connectivity index (χ0n) is 11.6. The lowest BCUT2D eigenvalue weighted by atomic mass is 10.1. The summed E-state index contributed by atoms with van der Waals surface area (Å²) in [4.78, 5) is 4.90. The lowest BCUT2D eigenvalue weighted by Crippen LogP contribution is -2.22. The first-order chi connectivity index (χ1) is 9.97. The molecular weight excluding hydrogens is 321 g/mol. The van der Waals surface area contributed by atoms with Crippen LogP contribution in [0.5, 0.6) is 0 Å². The van der Waals surface area contributed by atoms with Crippen LogP contribution in [-0.4, -0.2) is 21.1 Å². The monoisotopic (exact) mass is 336 g/mol. The van der Waals surface area contributed by atoms with Gasteiger partial charge in [-0.1, -0.05) is 18.3 Å². The van der Waals surface area contributed by atoms with E-state index in [1.807, 2.05) is 13.8 Å². The van der Waals surface area contributed by atoms with Crippen LogP contribution in [0.3, 0.4) is 0 Å². The maximum Gasteiger partial charge on any atom is 0.443 e. The van der Waals surface area contributed by atoms with Crippen molar-refractivity contribution >= 4 is 22.9 Å². The molecule has 116 valence electrons. The molecule has 0 spiro atoms. The number of nitrogens with zero attached hydrogens (tertiary/aromatic N) is 3. The van der Waals surface area contributed by atoms with Gasteiger partial charge in [-0.05, 0) is 30.9 Å². The Bertz CT molecular complexity index is 579. The lowest BCUT2D eigenvalue weighted by Gasteiger charge is -2.15. The van der Waals surface area contributed by atoms with Gasteiger partial charge in [0.15, 0.2) is 5.01 Å². The minimum Gasteiger partial charge on any atom is -0.305 e. The number of aryl methyl sites for hydroxylation is 1. The Kier molecular flexibility index (Phi) is 5.28. The van der Waals surface area contributed by atoms with Crippen LogP contribution >= 0.6 is 22.9 Å². The maximum absolute atomic E-state index is 12.7. The molecule has 0 radical (unpaired) electrons. The summed E-state index contributed by atoms with van der Waals surface area (Å²) in [5.41, 5.74) is 0.815. The van der Waals surface area contributed by atoms with E-state index in [0.717, 1.165) is 17.0 Å². The first-order valence-electron chi connectivity index (χ1n) is 6.54. The van der Waals surface area contributed by atoms with Gasteiger partial charge in [0, 0.05) is 11.1 Å². The second-order valence-corrected chi connectivity index (χ2v) is 6.24. The Labute approximate surface area is 128 Å². The van der Waals surface area contributed by atoms with Gasteiger partial charge in [-0.3, -0.25) is 0 Å². The highest BCUT2D eigenvalue weighted by atomic mass is 32.1. The molecule has 0 aromatic carbocycles. The molecule has 2 aromatic heterocycles. The van der Waals surface area contributed by atoms with Crippen molar-refractivity contribution in [2.75, 3.05) is 6.54 Å². The highest BCUT2D eigenvalue weighted by Crippen LogP contribution is 2.37. The Morgan fingerprint density at radius 3 is 2.67 bits per heavy atom. The van der Waals surface area contributed by atoms with Crippen LogP contribution in [0.1, 0.15) is 46.8 Å². The Balaban J connectivity index is 2.34. The molecule has 21 heavy (non-hydrogen) atoms. The standard InChI is InChI=1S/C12H15F3N4S2/c1-3-5-16-9(10-7(4-2)18-19-21-10)8-6-17-11(20-8)12(13,14)15/h6,9,16H,3-5H2,1-2H3. The van der Waals surface area contributed by atoms with E-state index in [4.69, 9.17) is 0 Å². The van der Waals surface area contributed by atoms with Crippen molar-refractivity contribution in [1.82, 2.24) is 19.9 Å². The number of hydrogen-bond acceptors (Lipinski definition) is 6. The summed E-state index contributed by atoms with van der Waals surface area (Å²) in [6, 6.07) is -0.325. The fourth-order valence-electron chi connectivity index (χ4n) is 1.84. The van der Waals surface area contributed by atoms with Gasteiger partial charge in [0.2, 0.25) is 0 Å². The minimum absolute atomic E-state index is 0.325. The highest BCUT2D eigenvalue weighted by Gasteiger charge is 2.35. The van der Waals surface area contributed by atoms with E-state index >= 15 is 0 Å². The first kappa shape index (κ1) is 16.3. The molecule has 1 N–H and O–H groups in total. The molecule has 2 aromatic rings. The Morgan fingerprint density at radius 2 is 2.10 bits per heavy atom. The molecule has 4 nitrogen and oxygen atoms in total. The van der Waals surface area contributed by atoms with Gasteiger partial charge in [-0.25, -0.2) is 4.98 Å². The van der Waals surface area contributed by atoms with E-state index in [2.05, 4.69) is 19.9 Å². The van der Waals surface area contributed by atoms with Crippen LogP contribution in [0.4, 0.5) is 13.2 Å². The zero-order chi connectivity index (χ0) is 15.5. The van der Waals surface area contributed by atoms with Gasteiger partial charge >= 0.3 is 6.18 Å². The summed E-state index contributed by atoms with van der Waals surface area (Å²) in [7, 11) is 0. The van der Waals surface area contributed by atoms with Crippen LogP contribution in [0.2, 0.25) is 0 Å². The largest absolute Gasteiger partial charge is 0.443 e. The van der Waals surface area contributed by atoms with Gasteiger partial charge in [0.1, 0.15) is 0 Å². The van der Waals surface area contributed by atoms with E-state index in [9.17, 15) is 13.2 Å². The molecule has 1 unspecified atom stereocenters. The second kappa shape index (κ2) is 6.80. The predicted molar refractivity (Wildman–Crippen MR) is 76.5 cm³/mol. The average Bonchev–Trinajstić information content (AvgIpc) is 3.07. The SMILES string of the molecule is CCCNC(c1cnc(C(F)(F)F)s1)c1snnc1CC. The molecule has 0 saturated carbocycles. The van der Waals surface area contributed by atoms with E-state index in [1.165, 1.54) is 17.7 Å². The molecular formula is C12H15F3N4S2. The fourth-order valence-corrected chi connectivity index (χ4v) is 3.62. The third kappa shape index (κ3) is 3.78. The van der Waals surface area contributed by atoms with E-state index in [1.54, 1.807) is 0 Å². The number of rotatable bonds is 6. The van der Waals surface area contributed by atoms with Crippen molar-refractivity contribution in [3.8, 4) is 0 Å². The number of aromatic nitrogens is 3. The van der Waals surface area contributed by atoms with Crippen molar-refractivity contribution in [1.29, 1.82) is 0 Å². The van der Waals surface area contributed by atoms with Crippen LogP contribution < -0.4 is 5.32 Å². The molecule has 0 amide bonds. The Morgan fingerprint density at radius 1 is 1.33 bits per heavy atom. The average molecular weight is 336 g/mol. The molecule has 0 fully saturated rings. The lowest BCUT2D eigenvalue weighted by molar-refractivity contribution is -0.137. The number of halogens is 3. The van der Waals surface area contributed by atoms with Crippen LogP contribution in [-0.2, 0) is 12.6 Å². The predicted octanol–water partition coefficient (Wildman–Crippen LogP) is 3.66. The van der Waals surface area contributed by atoms with E-state index in [0.29, 0.717) is 29.2 Å². The zero-order valence-corrected chi connectivity index (χ0v) is 13.2. The van der Waals surface area contributed by atoms with Gasteiger partial charge in [-0.15, -0.1) is 16.4 Å². The molecule has 0 aliphatic rings. The topological polar surface area (TPSA) is 50.7 Å². The molecule has 0 aliphatic heterocycles. The number of alkyl halides is 3. The molecule has 2 heterocycles. The molecule has 0 saturated heterocycles. The van der Waals surface area contributed by atoms with Crippen molar-refractivity contribution < 1.29 is 13.2 Å². The first-order valence-corrected chi connectivity index (χ1v) is 8.13. The van der Waals surface area contributed by atoms with E-state index < -0.39 is 11.2 Å². The molecule has 2 rings (SSSR count). The van der Waals surface area contributed by atoms with Crippen molar-refractivity contribution in [2.45, 2.75) is 38.9 Å². The van der Waals surface area contributed by atoms with Gasteiger partial charge in [-0.2, -0.15) is 13.2 Å². The summed E-state index contributed by atoms with van der Waals surface area (Å²) < 4.78 is 42.0. The third-order valence-electron chi connectivity index (χ3n) is 2.83. The van der Waals surface area contributed by atoms with Crippen LogP contribution in [0, 0.1) is 0 Å². The van der Waals surface area contributed by atoms with Crippen molar-refractivity contribution in [3.05, 3.63) is 26.7 Å². The van der Waals surface area contributed by atoms with Gasteiger partial charge in [0.05, 0.1) is 16.6 Å². The quantitative estimate of drug-likeness (QED) is 0.874. The Hall–Kier alpha value is -1.06. The summed E-state index contributed by atoms with van der Waals surface area (Å²) in [5, 5.41) is 6.47. The van der Waals surface area contributed by atoms with Crippen LogP contribution in [0.25, 0.3) is 0 Å². The number of nitrogens with one attached hydrogen (secondary N) is 1. The second-order valence-electron chi connectivity index (χ2n) is 4.39. The van der Waals surface area contributed by atoms with Crippen molar-refractivity contribution in [3.63, 3.8) is 0 Å². The molecule has 9 heteroatoms. The maximum atomic E-state index is 12.7. The fraction of sp³-hybridized carbons (Fsp3) is 0.583. The number of hydrogen-bond donors (Lipinski definition) is 1. The highest BCUT2D eigenvalue weighted by molar-refractivity contribution is 7.12. The molecule has 0 aliphatic carbocycles. The minimum atomic E-state index is -4.41. The summed E-state index contributed by atoms with van der Waals surface area (Å²) >= 11 is 1.89.